The van der Waals surface area contributed by atoms with Crippen LogP contribution in [0.25, 0.3) is 11.1 Å². The quantitative estimate of drug-likeness (QED) is 0.121. The molecule has 0 spiro atoms. The number of rotatable bonds is 15. The summed E-state index contributed by atoms with van der Waals surface area (Å²) in [6.07, 6.45) is 5.49. The van der Waals surface area contributed by atoms with E-state index in [1.165, 1.54) is 11.3 Å². The number of aliphatic carboxylic acids is 1. The molecule has 2 aromatic carbocycles. The monoisotopic (exact) mass is 846 g/mol. The number of piperazine rings is 1. The summed E-state index contributed by atoms with van der Waals surface area (Å²) in [5.74, 6) is -1.11. The molecule has 0 amide bonds. The van der Waals surface area contributed by atoms with Gasteiger partial charge in [-0.05, 0) is 78.4 Å². The number of aromatic nitrogens is 2. The van der Waals surface area contributed by atoms with Crippen LogP contribution in [0.5, 0.6) is 11.5 Å². The first-order valence-electron chi connectivity index (χ1n) is 17.3. The molecule has 0 bridgehead atoms. The summed E-state index contributed by atoms with van der Waals surface area (Å²) >= 11 is 10.8. The number of aliphatic hydroxyl groups excluding tert-OH is 1. The van der Waals surface area contributed by atoms with Gasteiger partial charge in [-0.2, -0.15) is 5.10 Å². The van der Waals surface area contributed by atoms with E-state index < -0.39 is 24.5 Å². The average molecular weight is 847 g/mol. The van der Waals surface area contributed by atoms with Crippen LogP contribution in [0.3, 0.4) is 0 Å². The molecule has 1 saturated heterocycles. The highest BCUT2D eigenvalue weighted by atomic mass is 127. The number of carbonyl (C=O) groups is 1. The number of hydrogen-bond donors (Lipinski definition) is 2. The maximum Gasteiger partial charge on any atom is 0.311 e. The van der Waals surface area contributed by atoms with Gasteiger partial charge in [-0.1, -0.05) is 43.1 Å². The van der Waals surface area contributed by atoms with Gasteiger partial charge in [-0.25, -0.2) is 4.99 Å². The Balaban J connectivity index is 1.32. The molecular formula is C37H44ClIN6O5S. The second-order valence-electron chi connectivity index (χ2n) is 12.9. The molecule has 0 aliphatic carbocycles. The molecule has 2 aliphatic rings. The summed E-state index contributed by atoms with van der Waals surface area (Å²) in [6.45, 7) is 10.1. The van der Waals surface area contributed by atoms with Gasteiger partial charge in [0.2, 0.25) is 0 Å². The van der Waals surface area contributed by atoms with E-state index in [9.17, 15) is 15.0 Å². The smallest absolute Gasteiger partial charge is 0.311 e. The van der Waals surface area contributed by atoms with Crippen LogP contribution in [-0.2, 0) is 17.9 Å². The van der Waals surface area contributed by atoms with Crippen molar-refractivity contribution in [1.29, 1.82) is 0 Å². The number of fused-ring (bicyclic) bond motifs is 1. The third-order valence-electron chi connectivity index (χ3n) is 9.60. The van der Waals surface area contributed by atoms with Gasteiger partial charge in [-0.3, -0.25) is 14.4 Å². The topological polar surface area (TPSA) is 116 Å². The molecule has 4 heterocycles. The Morgan fingerprint density at radius 3 is 2.63 bits per heavy atom. The molecule has 2 aromatic heterocycles. The fraction of sp³-hybridized carbons (Fsp3) is 0.432. The van der Waals surface area contributed by atoms with E-state index in [4.69, 9.17) is 26.1 Å². The molecule has 11 nitrogen and oxygen atoms in total. The molecule has 1 fully saturated rings. The number of likely N-dealkylation sites (N-methyl/N-ethyl adjacent to an activating group) is 1. The molecule has 0 radical (unpaired) electrons. The minimum atomic E-state index is -1.17. The van der Waals surface area contributed by atoms with E-state index in [1.807, 2.05) is 59.0 Å². The summed E-state index contributed by atoms with van der Waals surface area (Å²) in [5.41, 5.74) is 4.85. The van der Waals surface area contributed by atoms with Crippen LogP contribution in [0, 0.1) is 15.7 Å². The first-order chi connectivity index (χ1) is 24.7. The Hall–Kier alpha value is -3.21. The number of para-hydroxylation sites is 2. The second kappa shape index (κ2) is 17.1. The van der Waals surface area contributed by atoms with Crippen molar-refractivity contribution in [3.05, 3.63) is 73.4 Å². The summed E-state index contributed by atoms with van der Waals surface area (Å²) in [5, 5.41) is 26.8. The lowest BCUT2D eigenvalue weighted by Crippen LogP contribution is -2.45. The van der Waals surface area contributed by atoms with Gasteiger partial charge >= 0.3 is 5.97 Å². The fourth-order valence-electron chi connectivity index (χ4n) is 6.61. The van der Waals surface area contributed by atoms with Gasteiger partial charge < -0.3 is 29.5 Å². The number of ether oxygens (including phenoxy) is 2. The van der Waals surface area contributed by atoms with E-state index in [-0.39, 0.29) is 6.61 Å². The SMILES string of the molecule is CCCCn1nccc1COc1ccccc1N1C=Nc2sc(I)c(-c3ccc(OCCN4CCN(C)CC4)c(Cl)c3C)c2C1C(CO)C(=O)O. The molecule has 2 aliphatic heterocycles. The van der Waals surface area contributed by atoms with Gasteiger partial charge in [0.15, 0.2) is 0 Å². The fourth-order valence-corrected chi connectivity index (χ4v) is 8.96. The number of halogens is 2. The first-order valence-corrected chi connectivity index (χ1v) is 19.5. The van der Waals surface area contributed by atoms with E-state index in [1.54, 1.807) is 12.5 Å². The summed E-state index contributed by atoms with van der Waals surface area (Å²) in [6, 6.07) is 12.5. The number of aryl methyl sites for hydroxylation is 1. The van der Waals surface area contributed by atoms with Crippen LogP contribution < -0.4 is 14.4 Å². The molecule has 51 heavy (non-hydrogen) atoms. The van der Waals surface area contributed by atoms with Crippen molar-refractivity contribution < 1.29 is 24.5 Å². The van der Waals surface area contributed by atoms with Crippen LogP contribution in [0.4, 0.5) is 10.7 Å². The van der Waals surface area contributed by atoms with Crippen molar-refractivity contribution in [2.24, 2.45) is 10.9 Å². The van der Waals surface area contributed by atoms with Crippen molar-refractivity contribution in [3.8, 4) is 22.6 Å². The van der Waals surface area contributed by atoms with Crippen molar-refractivity contribution in [3.63, 3.8) is 0 Å². The van der Waals surface area contributed by atoms with Crippen LogP contribution in [0.15, 0.2) is 53.7 Å². The normalized spacial score (nSPS) is 17.1. The lowest BCUT2D eigenvalue weighted by Gasteiger charge is -2.37. The number of hydrogen-bond acceptors (Lipinski definition) is 10. The van der Waals surface area contributed by atoms with Crippen LogP contribution in [-0.4, -0.2) is 95.1 Å². The maximum absolute atomic E-state index is 12.8. The maximum atomic E-state index is 12.8. The van der Waals surface area contributed by atoms with Gasteiger partial charge in [0.1, 0.15) is 35.6 Å². The zero-order valence-electron chi connectivity index (χ0n) is 29.1. The lowest BCUT2D eigenvalue weighted by atomic mass is 9.87. The number of carboxylic acids is 1. The number of benzene rings is 2. The molecule has 14 heteroatoms. The van der Waals surface area contributed by atoms with Gasteiger partial charge in [0.25, 0.3) is 0 Å². The summed E-state index contributed by atoms with van der Waals surface area (Å²) in [4.78, 5) is 24.2. The lowest BCUT2D eigenvalue weighted by molar-refractivity contribution is -0.143. The number of aliphatic hydroxyl groups is 1. The predicted octanol–water partition coefficient (Wildman–Crippen LogP) is 7.10. The zero-order valence-corrected chi connectivity index (χ0v) is 32.8. The summed E-state index contributed by atoms with van der Waals surface area (Å²) < 4.78 is 15.5. The third kappa shape index (κ3) is 8.23. The van der Waals surface area contributed by atoms with Crippen molar-refractivity contribution in [2.75, 3.05) is 57.9 Å². The molecule has 4 aromatic rings. The van der Waals surface area contributed by atoms with Gasteiger partial charge in [0, 0.05) is 56.6 Å². The average Bonchev–Trinajstić information content (AvgIpc) is 3.72. The Bertz CT molecular complexity index is 1860. The molecule has 0 saturated carbocycles. The first kappa shape index (κ1) is 37.5. The minimum absolute atomic E-state index is 0.285. The number of nitrogens with zero attached hydrogens (tertiary/aromatic N) is 6. The van der Waals surface area contributed by atoms with E-state index in [2.05, 4.69) is 51.5 Å². The molecule has 2 N–H and O–H groups in total. The Morgan fingerprint density at radius 2 is 1.88 bits per heavy atom. The largest absolute Gasteiger partial charge is 0.491 e. The van der Waals surface area contributed by atoms with E-state index in [0.717, 1.165) is 82.9 Å². The molecule has 272 valence electrons. The van der Waals surface area contributed by atoms with Crippen LogP contribution in [0.2, 0.25) is 5.02 Å². The molecule has 2 unspecified atom stereocenters. The number of unbranched alkanes of at least 4 members (excludes halogenated alkanes) is 1. The second-order valence-corrected chi connectivity index (χ2v) is 16.1. The number of aliphatic imine (C=N–C) groups is 1. The summed E-state index contributed by atoms with van der Waals surface area (Å²) in [7, 11) is 2.14. The van der Waals surface area contributed by atoms with Crippen molar-refractivity contribution in [1.82, 2.24) is 19.6 Å². The Morgan fingerprint density at radius 1 is 1.10 bits per heavy atom. The Kier molecular flexibility index (Phi) is 12.6. The van der Waals surface area contributed by atoms with Crippen molar-refractivity contribution in [2.45, 2.75) is 45.9 Å². The highest BCUT2D eigenvalue weighted by Crippen LogP contribution is 2.53. The standard InChI is InChI=1S/C37H44ClIN6O5S/c1-4-5-14-45-25(12-13-41-45)22-50-29-9-7-6-8-28(29)44-23-40-36-32(34(44)27(21-46)37(47)48)31(35(39)51-36)26-10-11-30(33(38)24(26)2)49-20-19-43-17-15-42(3)16-18-43/h6-13,23,27,34,46H,4-5,14-22H2,1-3H3,(H,47,48). The molecule has 2 atom stereocenters. The number of anilines is 1. The third-order valence-corrected chi connectivity index (χ3v) is 12.2. The highest BCUT2D eigenvalue weighted by Gasteiger charge is 2.41. The highest BCUT2D eigenvalue weighted by molar-refractivity contribution is 14.1. The minimum Gasteiger partial charge on any atom is -0.491 e. The van der Waals surface area contributed by atoms with Crippen molar-refractivity contribution >= 4 is 68.5 Å². The Labute approximate surface area is 321 Å². The van der Waals surface area contributed by atoms with E-state index in [0.29, 0.717) is 33.8 Å². The number of thiophene rings is 1. The van der Waals surface area contributed by atoms with Gasteiger partial charge in [-0.15, -0.1) is 11.3 Å². The van der Waals surface area contributed by atoms with E-state index >= 15 is 0 Å². The molecular weight excluding hydrogens is 803 g/mol. The van der Waals surface area contributed by atoms with Crippen LogP contribution >= 0.6 is 45.5 Å². The molecule has 6 rings (SSSR count). The van der Waals surface area contributed by atoms with Gasteiger partial charge in [0.05, 0.1) is 38.3 Å². The van der Waals surface area contributed by atoms with Crippen LogP contribution in [0.1, 0.15) is 42.6 Å². The number of carboxylic acid groups (broad SMARTS) is 1. The zero-order chi connectivity index (χ0) is 36.1. The predicted molar refractivity (Wildman–Crippen MR) is 211 cm³/mol.